The van der Waals surface area contributed by atoms with E-state index < -0.39 is 0 Å². The van der Waals surface area contributed by atoms with Gasteiger partial charge in [0.15, 0.2) is 0 Å². The van der Waals surface area contributed by atoms with Crippen molar-refractivity contribution in [3.05, 3.63) is 47.5 Å². The van der Waals surface area contributed by atoms with E-state index in [0.29, 0.717) is 12.1 Å². The number of methoxy groups -OCH3 is 1. The largest absolute Gasteiger partial charge is 0.465 e. The number of amides is 1. The number of fused-ring (bicyclic) bond motifs is 1. The van der Waals surface area contributed by atoms with Gasteiger partial charge in [0.05, 0.1) is 12.7 Å². The van der Waals surface area contributed by atoms with Gasteiger partial charge in [-0.25, -0.2) is 4.79 Å². The van der Waals surface area contributed by atoms with Gasteiger partial charge in [-0.05, 0) is 22.4 Å². The maximum Gasteiger partial charge on any atom is 0.338 e. The van der Waals surface area contributed by atoms with Crippen LogP contribution in [0.25, 0.3) is 10.8 Å². The monoisotopic (exact) mass is 257 g/mol. The summed E-state index contributed by atoms with van der Waals surface area (Å²) in [6.45, 7) is 1.92. The van der Waals surface area contributed by atoms with E-state index in [0.717, 1.165) is 16.3 Å². The first-order chi connectivity index (χ1) is 9.13. The first-order valence-electron chi connectivity index (χ1n) is 5.97. The highest BCUT2D eigenvalue weighted by Gasteiger charge is 2.12. The third-order valence-electron chi connectivity index (χ3n) is 2.95. The maximum absolute atomic E-state index is 11.7. The van der Waals surface area contributed by atoms with Crippen molar-refractivity contribution in [2.24, 2.45) is 0 Å². The molecule has 2 aromatic carbocycles. The zero-order chi connectivity index (χ0) is 13.8. The van der Waals surface area contributed by atoms with Crippen LogP contribution in [0.15, 0.2) is 36.4 Å². The summed E-state index contributed by atoms with van der Waals surface area (Å²) in [5, 5.41) is 4.54. The molecular weight excluding hydrogens is 242 g/mol. The fourth-order valence-corrected chi connectivity index (χ4v) is 2.02. The summed E-state index contributed by atoms with van der Waals surface area (Å²) in [5.41, 5.74) is 1.50. The first-order valence-corrected chi connectivity index (χ1v) is 5.97. The minimum Gasteiger partial charge on any atom is -0.465 e. The predicted octanol–water partition coefficient (Wildman–Crippen LogP) is 2.26. The van der Waals surface area contributed by atoms with Crippen molar-refractivity contribution in [1.29, 1.82) is 0 Å². The lowest BCUT2D eigenvalue weighted by atomic mass is 9.99. The lowest BCUT2D eigenvalue weighted by Gasteiger charge is -2.10. The van der Waals surface area contributed by atoms with Crippen molar-refractivity contribution in [3.63, 3.8) is 0 Å². The molecule has 4 nitrogen and oxygen atoms in total. The summed E-state index contributed by atoms with van der Waals surface area (Å²) in [6.07, 6.45) is 0. The topological polar surface area (TPSA) is 55.4 Å². The molecule has 0 radical (unpaired) electrons. The van der Waals surface area contributed by atoms with E-state index in [9.17, 15) is 9.59 Å². The Bertz CT molecular complexity index is 634. The van der Waals surface area contributed by atoms with Gasteiger partial charge in [-0.1, -0.05) is 30.3 Å². The quantitative estimate of drug-likeness (QED) is 0.858. The highest BCUT2D eigenvalue weighted by molar-refractivity contribution is 6.05. The molecule has 0 fully saturated rings. The number of rotatable bonds is 3. The standard InChI is InChI=1S/C15H15NO3/c1-10(17)16-9-11-7-8-14(15(18)19-2)13-6-4-3-5-12(11)13/h3-8H,9H2,1-2H3,(H,16,17). The molecule has 98 valence electrons. The molecule has 0 aliphatic carbocycles. The second-order valence-corrected chi connectivity index (χ2v) is 4.22. The van der Waals surface area contributed by atoms with Gasteiger partial charge in [-0.15, -0.1) is 0 Å². The van der Waals surface area contributed by atoms with Crippen LogP contribution in [0, 0.1) is 0 Å². The molecule has 0 saturated heterocycles. The highest BCUT2D eigenvalue weighted by atomic mass is 16.5. The molecule has 1 N–H and O–H groups in total. The van der Waals surface area contributed by atoms with Gasteiger partial charge in [0.2, 0.25) is 5.91 Å². The zero-order valence-corrected chi connectivity index (χ0v) is 10.9. The summed E-state index contributed by atoms with van der Waals surface area (Å²) >= 11 is 0. The molecule has 0 aromatic heterocycles. The molecule has 0 aliphatic rings. The Hall–Kier alpha value is -2.36. The van der Waals surface area contributed by atoms with Gasteiger partial charge in [0.1, 0.15) is 0 Å². The first kappa shape index (κ1) is 13.1. The number of nitrogens with one attached hydrogen (secondary N) is 1. The Balaban J connectivity index is 2.51. The summed E-state index contributed by atoms with van der Waals surface area (Å²) in [4.78, 5) is 22.7. The Kier molecular flexibility index (Phi) is 3.80. The maximum atomic E-state index is 11.7. The lowest BCUT2D eigenvalue weighted by molar-refractivity contribution is -0.119. The Morgan fingerprint density at radius 2 is 1.79 bits per heavy atom. The van der Waals surface area contributed by atoms with Crippen LogP contribution in [0.2, 0.25) is 0 Å². The molecule has 0 bridgehead atoms. The molecule has 2 rings (SSSR count). The summed E-state index contributed by atoms with van der Waals surface area (Å²) < 4.78 is 4.77. The minimum absolute atomic E-state index is 0.0823. The van der Waals surface area contributed by atoms with Crippen LogP contribution in [0.3, 0.4) is 0 Å². The molecule has 2 aromatic rings. The molecule has 4 heteroatoms. The summed E-state index contributed by atoms with van der Waals surface area (Å²) in [5.74, 6) is -0.441. The van der Waals surface area contributed by atoms with E-state index in [1.54, 1.807) is 6.07 Å². The minimum atomic E-state index is -0.359. The Labute approximate surface area is 111 Å². The van der Waals surface area contributed by atoms with Crippen molar-refractivity contribution in [1.82, 2.24) is 5.32 Å². The van der Waals surface area contributed by atoms with Crippen molar-refractivity contribution in [2.45, 2.75) is 13.5 Å². The summed E-state index contributed by atoms with van der Waals surface area (Å²) in [7, 11) is 1.36. The van der Waals surface area contributed by atoms with E-state index in [1.165, 1.54) is 14.0 Å². The van der Waals surface area contributed by atoms with Crippen molar-refractivity contribution >= 4 is 22.6 Å². The number of esters is 1. The van der Waals surface area contributed by atoms with Crippen molar-refractivity contribution < 1.29 is 14.3 Å². The average Bonchev–Trinajstić information content (AvgIpc) is 2.43. The van der Waals surface area contributed by atoms with Crippen LogP contribution < -0.4 is 5.32 Å². The van der Waals surface area contributed by atoms with Crippen LogP contribution >= 0.6 is 0 Å². The Morgan fingerprint density at radius 1 is 1.11 bits per heavy atom. The van der Waals surface area contributed by atoms with Crippen molar-refractivity contribution in [2.75, 3.05) is 7.11 Å². The third-order valence-corrected chi connectivity index (χ3v) is 2.95. The number of carbonyl (C=O) groups excluding carboxylic acids is 2. The number of carbonyl (C=O) groups is 2. The van der Waals surface area contributed by atoms with E-state index in [-0.39, 0.29) is 11.9 Å². The number of hydrogen-bond acceptors (Lipinski definition) is 3. The number of ether oxygens (including phenoxy) is 1. The van der Waals surface area contributed by atoms with Gasteiger partial charge in [-0.2, -0.15) is 0 Å². The molecule has 1 amide bonds. The molecule has 0 aliphatic heterocycles. The smallest absolute Gasteiger partial charge is 0.338 e. The predicted molar refractivity (Wildman–Crippen MR) is 72.8 cm³/mol. The van der Waals surface area contributed by atoms with Gasteiger partial charge in [-0.3, -0.25) is 4.79 Å². The summed E-state index contributed by atoms with van der Waals surface area (Å²) in [6, 6.07) is 11.1. The fourth-order valence-electron chi connectivity index (χ4n) is 2.02. The van der Waals surface area contributed by atoms with E-state index in [1.807, 2.05) is 30.3 Å². The lowest BCUT2D eigenvalue weighted by Crippen LogP contribution is -2.19. The Morgan fingerprint density at radius 3 is 2.42 bits per heavy atom. The van der Waals surface area contributed by atoms with Gasteiger partial charge < -0.3 is 10.1 Å². The molecule has 0 spiro atoms. The molecular formula is C15H15NO3. The molecule has 0 heterocycles. The van der Waals surface area contributed by atoms with Crippen molar-refractivity contribution in [3.8, 4) is 0 Å². The van der Waals surface area contributed by atoms with Gasteiger partial charge >= 0.3 is 5.97 Å². The van der Waals surface area contributed by atoms with Gasteiger partial charge in [0.25, 0.3) is 0 Å². The highest BCUT2D eigenvalue weighted by Crippen LogP contribution is 2.23. The SMILES string of the molecule is COC(=O)c1ccc(CNC(C)=O)c2ccccc12. The number of benzene rings is 2. The fraction of sp³-hybridized carbons (Fsp3) is 0.200. The zero-order valence-electron chi connectivity index (χ0n) is 10.9. The van der Waals surface area contributed by atoms with E-state index in [4.69, 9.17) is 4.74 Å². The third kappa shape index (κ3) is 2.73. The van der Waals surface area contributed by atoms with Crippen LogP contribution in [0.5, 0.6) is 0 Å². The van der Waals surface area contributed by atoms with Crippen LogP contribution in [-0.4, -0.2) is 19.0 Å². The average molecular weight is 257 g/mol. The molecule has 19 heavy (non-hydrogen) atoms. The van der Waals surface area contributed by atoms with E-state index >= 15 is 0 Å². The number of hydrogen-bond donors (Lipinski definition) is 1. The molecule has 0 atom stereocenters. The van der Waals surface area contributed by atoms with E-state index in [2.05, 4.69) is 5.32 Å². The normalized spacial score (nSPS) is 10.2. The van der Waals surface area contributed by atoms with Crippen LogP contribution in [-0.2, 0) is 16.1 Å². The molecule has 0 unspecified atom stereocenters. The van der Waals surface area contributed by atoms with Crippen LogP contribution in [0.1, 0.15) is 22.8 Å². The molecule has 0 saturated carbocycles. The van der Waals surface area contributed by atoms with Gasteiger partial charge in [0, 0.05) is 13.5 Å². The van der Waals surface area contributed by atoms with Crippen LogP contribution in [0.4, 0.5) is 0 Å². The second kappa shape index (κ2) is 5.52. The second-order valence-electron chi connectivity index (χ2n) is 4.22.